The molecular weight excluding hydrogens is 219 g/mol. The van der Waals surface area contributed by atoms with Crippen LogP contribution in [-0.2, 0) is 0 Å². The van der Waals surface area contributed by atoms with Gasteiger partial charge in [-0.15, -0.1) is 0 Å². The van der Waals surface area contributed by atoms with Crippen molar-refractivity contribution in [1.29, 1.82) is 0 Å². The molecule has 0 bridgehead atoms. The van der Waals surface area contributed by atoms with Gasteiger partial charge in [-0.25, -0.2) is 0 Å². The summed E-state index contributed by atoms with van der Waals surface area (Å²) < 4.78 is 0. The van der Waals surface area contributed by atoms with Crippen LogP contribution in [0.2, 0.25) is 19.6 Å². The molecule has 2 radical (unpaired) electrons. The lowest BCUT2D eigenvalue weighted by atomic mass is 9.94. The molecule has 0 aliphatic heterocycles. The first-order valence-corrected chi connectivity index (χ1v) is 9.43. The monoisotopic (exact) mass is 236 g/mol. The van der Waals surface area contributed by atoms with Gasteiger partial charge in [0.15, 0.2) is 0 Å². The van der Waals surface area contributed by atoms with Crippen LogP contribution in [0, 0.1) is 0 Å². The van der Waals surface area contributed by atoms with E-state index in [2.05, 4.69) is 56.0 Å². The van der Waals surface area contributed by atoms with Crippen LogP contribution in [0.4, 0.5) is 0 Å². The predicted octanol–water partition coefficient (Wildman–Crippen LogP) is 2.69. The molecule has 0 nitrogen and oxygen atoms in total. The van der Waals surface area contributed by atoms with Gasteiger partial charge in [0, 0.05) is 0 Å². The SMILES string of the molecule is [B]c1ccc(-c2ccc([Si](C)(C)C)cc2)cc1. The van der Waals surface area contributed by atoms with E-state index < -0.39 is 8.07 Å². The molecule has 17 heavy (non-hydrogen) atoms. The van der Waals surface area contributed by atoms with E-state index in [1.165, 1.54) is 16.3 Å². The molecular formula is C15H17BSi. The fourth-order valence-corrected chi connectivity index (χ4v) is 3.00. The highest BCUT2D eigenvalue weighted by Gasteiger charge is 2.15. The maximum absolute atomic E-state index is 5.69. The van der Waals surface area contributed by atoms with Crippen molar-refractivity contribution in [1.82, 2.24) is 0 Å². The molecule has 0 saturated heterocycles. The summed E-state index contributed by atoms with van der Waals surface area (Å²) in [6, 6.07) is 17.0. The van der Waals surface area contributed by atoms with Crippen LogP contribution in [0.3, 0.4) is 0 Å². The Morgan fingerprint density at radius 3 is 1.53 bits per heavy atom. The lowest BCUT2D eigenvalue weighted by Gasteiger charge is -2.16. The van der Waals surface area contributed by atoms with E-state index in [0.717, 1.165) is 5.46 Å². The average molecular weight is 236 g/mol. The summed E-state index contributed by atoms with van der Waals surface area (Å²) in [5, 5.41) is 1.50. The first-order chi connectivity index (χ1) is 7.97. The fraction of sp³-hybridized carbons (Fsp3) is 0.200. The molecule has 0 saturated carbocycles. The molecule has 0 heterocycles. The molecule has 0 aromatic heterocycles. The van der Waals surface area contributed by atoms with Gasteiger partial charge in [-0.2, -0.15) is 0 Å². The van der Waals surface area contributed by atoms with E-state index in [1.807, 2.05) is 12.1 Å². The van der Waals surface area contributed by atoms with Gasteiger partial charge < -0.3 is 0 Å². The summed E-state index contributed by atoms with van der Waals surface area (Å²) in [7, 11) is 4.51. The van der Waals surface area contributed by atoms with Crippen molar-refractivity contribution in [2.75, 3.05) is 0 Å². The van der Waals surface area contributed by atoms with Crippen LogP contribution < -0.4 is 10.6 Å². The maximum atomic E-state index is 5.69. The third kappa shape index (κ3) is 2.89. The van der Waals surface area contributed by atoms with E-state index in [9.17, 15) is 0 Å². The Hall–Kier alpha value is -1.28. The van der Waals surface area contributed by atoms with Crippen LogP contribution in [0.25, 0.3) is 11.1 Å². The third-order valence-corrected chi connectivity index (χ3v) is 5.06. The van der Waals surface area contributed by atoms with Crippen molar-refractivity contribution >= 4 is 26.6 Å². The Morgan fingerprint density at radius 2 is 1.12 bits per heavy atom. The highest BCUT2D eigenvalue weighted by atomic mass is 28.3. The zero-order valence-electron chi connectivity index (χ0n) is 10.7. The molecule has 2 aromatic rings. The highest BCUT2D eigenvalue weighted by Crippen LogP contribution is 2.17. The number of benzene rings is 2. The number of hydrogen-bond acceptors (Lipinski definition) is 0. The normalized spacial score (nSPS) is 11.5. The summed E-state index contributed by atoms with van der Waals surface area (Å²) in [6.45, 7) is 7.10. The van der Waals surface area contributed by atoms with Crippen molar-refractivity contribution in [3.63, 3.8) is 0 Å². The van der Waals surface area contributed by atoms with Crippen LogP contribution in [0.1, 0.15) is 0 Å². The van der Waals surface area contributed by atoms with Crippen molar-refractivity contribution < 1.29 is 0 Å². The van der Waals surface area contributed by atoms with Crippen LogP contribution in [-0.4, -0.2) is 15.9 Å². The van der Waals surface area contributed by atoms with E-state index in [1.54, 1.807) is 0 Å². The summed E-state index contributed by atoms with van der Waals surface area (Å²) in [5.41, 5.74) is 3.29. The van der Waals surface area contributed by atoms with Gasteiger partial charge in [0.2, 0.25) is 0 Å². The fourth-order valence-electron chi connectivity index (χ4n) is 1.84. The second kappa shape index (κ2) is 4.54. The average Bonchev–Trinajstić information content (AvgIpc) is 2.29. The minimum Gasteiger partial charge on any atom is -0.0966 e. The quantitative estimate of drug-likeness (QED) is 0.703. The molecule has 2 rings (SSSR count). The first-order valence-electron chi connectivity index (χ1n) is 5.93. The van der Waals surface area contributed by atoms with E-state index in [-0.39, 0.29) is 0 Å². The Balaban J connectivity index is 2.33. The molecule has 0 amide bonds. The van der Waals surface area contributed by atoms with Crippen LogP contribution in [0.5, 0.6) is 0 Å². The van der Waals surface area contributed by atoms with Crippen LogP contribution >= 0.6 is 0 Å². The van der Waals surface area contributed by atoms with Gasteiger partial charge in [-0.3, -0.25) is 0 Å². The Morgan fingerprint density at radius 1 is 0.706 bits per heavy atom. The van der Waals surface area contributed by atoms with E-state index in [0.29, 0.717) is 0 Å². The van der Waals surface area contributed by atoms with Gasteiger partial charge in [0.25, 0.3) is 0 Å². The number of hydrogen-bond donors (Lipinski definition) is 0. The highest BCUT2D eigenvalue weighted by molar-refractivity contribution is 6.88. The molecule has 84 valence electrons. The van der Waals surface area contributed by atoms with Crippen molar-refractivity contribution in [3.8, 4) is 11.1 Å². The Bertz CT molecular complexity index is 492. The van der Waals surface area contributed by atoms with Gasteiger partial charge in [-0.05, 0) is 11.1 Å². The summed E-state index contributed by atoms with van der Waals surface area (Å²) >= 11 is 0. The van der Waals surface area contributed by atoms with Crippen molar-refractivity contribution in [2.45, 2.75) is 19.6 Å². The minimum absolute atomic E-state index is 0.812. The minimum atomic E-state index is -1.19. The Kier molecular flexibility index (Phi) is 3.25. The molecule has 0 N–H and O–H groups in total. The zero-order chi connectivity index (χ0) is 12.5. The standard InChI is InChI=1S/C15H17BSi/c1-17(2,3)15-10-6-13(7-11-15)12-4-8-14(16)9-5-12/h4-11H,1-3H3. The molecule has 2 heteroatoms. The van der Waals surface area contributed by atoms with Crippen molar-refractivity contribution in [3.05, 3.63) is 48.5 Å². The summed E-state index contributed by atoms with van der Waals surface area (Å²) in [6.07, 6.45) is 0. The van der Waals surface area contributed by atoms with Crippen molar-refractivity contribution in [2.24, 2.45) is 0 Å². The molecule has 0 aliphatic carbocycles. The summed E-state index contributed by atoms with van der Waals surface area (Å²) in [5.74, 6) is 0. The van der Waals surface area contributed by atoms with Gasteiger partial charge in [-0.1, -0.05) is 78.8 Å². The van der Waals surface area contributed by atoms with Gasteiger partial charge in [0.1, 0.15) is 7.85 Å². The smallest absolute Gasteiger partial charge is 0.0966 e. The van der Waals surface area contributed by atoms with E-state index >= 15 is 0 Å². The molecule has 0 aliphatic rings. The Labute approximate surface area is 106 Å². The second-order valence-corrected chi connectivity index (χ2v) is 10.5. The molecule has 0 atom stereocenters. The molecule has 0 spiro atoms. The largest absolute Gasteiger partial charge is 0.113 e. The summed E-state index contributed by atoms with van der Waals surface area (Å²) in [4.78, 5) is 0. The third-order valence-electron chi connectivity index (χ3n) is 2.99. The molecule has 2 aromatic carbocycles. The lowest BCUT2D eigenvalue weighted by molar-refractivity contribution is 1.63. The molecule has 0 unspecified atom stereocenters. The predicted molar refractivity (Wildman–Crippen MR) is 80.2 cm³/mol. The van der Waals surface area contributed by atoms with Crippen LogP contribution in [0.15, 0.2) is 48.5 Å². The molecule has 0 fully saturated rings. The first kappa shape index (κ1) is 12.2. The van der Waals surface area contributed by atoms with Gasteiger partial charge in [0.05, 0.1) is 8.07 Å². The number of rotatable bonds is 2. The topological polar surface area (TPSA) is 0 Å². The van der Waals surface area contributed by atoms with Gasteiger partial charge >= 0.3 is 0 Å². The van der Waals surface area contributed by atoms with E-state index in [4.69, 9.17) is 7.85 Å². The maximum Gasteiger partial charge on any atom is 0.113 e. The zero-order valence-corrected chi connectivity index (χ0v) is 11.7. The lowest BCUT2D eigenvalue weighted by Crippen LogP contribution is -2.37. The second-order valence-electron chi connectivity index (χ2n) is 5.45.